The molecule has 0 saturated carbocycles. The van der Waals surface area contributed by atoms with Crippen LogP contribution in [0.1, 0.15) is 57.4 Å². The van der Waals surface area contributed by atoms with E-state index < -0.39 is 17.3 Å². The van der Waals surface area contributed by atoms with Gasteiger partial charge in [0.2, 0.25) is 0 Å². The standard InChI is InChI=1S/C30H40ClF3N6O3/c1-5-37-12-7-8-20(37)19-42-27-35-23-18-40(24-10-6-9-22(31)25(24)30(32,33)34)13-11-21(23)26(36-27)38-14-16-39(17-15-38)28(41)43-29(2,3)4/h6,9-10,20H,5,7-8,11-19H2,1-4H3/t20-/m0/s1. The fourth-order valence-electron chi connectivity index (χ4n) is 6.08. The average Bonchev–Trinajstić information content (AvgIpc) is 3.41. The number of alkyl halides is 3. The zero-order chi connectivity index (χ0) is 30.9. The number of halogens is 4. The van der Waals surface area contributed by atoms with Crippen LogP contribution in [-0.4, -0.2) is 89.9 Å². The monoisotopic (exact) mass is 624 g/mol. The largest absolute Gasteiger partial charge is 0.462 e. The van der Waals surface area contributed by atoms with Gasteiger partial charge >= 0.3 is 18.3 Å². The molecular formula is C30H40ClF3N6O3. The summed E-state index contributed by atoms with van der Waals surface area (Å²) in [6, 6.07) is 4.73. The molecule has 0 radical (unpaired) electrons. The Balaban J connectivity index is 1.41. The van der Waals surface area contributed by atoms with Crippen molar-refractivity contribution in [1.82, 2.24) is 19.8 Å². The Labute approximate surface area is 255 Å². The summed E-state index contributed by atoms with van der Waals surface area (Å²) in [5, 5.41) is -0.330. The van der Waals surface area contributed by atoms with Crippen LogP contribution >= 0.6 is 11.6 Å². The van der Waals surface area contributed by atoms with Crippen molar-refractivity contribution in [3.8, 4) is 6.01 Å². The number of hydrogen-bond acceptors (Lipinski definition) is 8. The summed E-state index contributed by atoms with van der Waals surface area (Å²) in [5.74, 6) is 0.712. The first-order valence-corrected chi connectivity index (χ1v) is 15.3. The molecule has 1 aromatic heterocycles. The molecule has 5 rings (SSSR count). The van der Waals surface area contributed by atoms with Crippen LogP contribution in [0, 0.1) is 0 Å². The number of carbonyl (C=O) groups excluding carboxylic acids is 1. The van der Waals surface area contributed by atoms with E-state index in [0.717, 1.165) is 31.5 Å². The third-order valence-corrected chi connectivity index (χ3v) is 8.49. The Morgan fingerprint density at radius 1 is 1.05 bits per heavy atom. The number of carbonyl (C=O) groups is 1. The highest BCUT2D eigenvalue weighted by Gasteiger charge is 2.39. The number of likely N-dealkylation sites (tertiary alicyclic amines) is 1. The van der Waals surface area contributed by atoms with Crippen molar-refractivity contribution < 1.29 is 27.4 Å². The fourth-order valence-corrected chi connectivity index (χ4v) is 6.35. The van der Waals surface area contributed by atoms with Crippen LogP contribution in [0.15, 0.2) is 18.2 Å². The maximum absolute atomic E-state index is 14.0. The Morgan fingerprint density at radius 3 is 2.47 bits per heavy atom. The lowest BCUT2D eigenvalue weighted by Crippen LogP contribution is -2.50. The second-order valence-electron chi connectivity index (χ2n) is 12.2. The smallest absolute Gasteiger partial charge is 0.419 e. The van der Waals surface area contributed by atoms with Gasteiger partial charge in [-0.1, -0.05) is 24.6 Å². The highest BCUT2D eigenvalue weighted by molar-refractivity contribution is 6.31. The van der Waals surface area contributed by atoms with Crippen molar-refractivity contribution in [3.05, 3.63) is 40.0 Å². The minimum atomic E-state index is -4.60. The molecule has 0 unspecified atom stereocenters. The number of nitrogens with zero attached hydrogens (tertiary/aromatic N) is 6. The molecule has 1 amide bonds. The number of fused-ring (bicyclic) bond motifs is 1. The van der Waals surface area contributed by atoms with Gasteiger partial charge in [0, 0.05) is 44.3 Å². The highest BCUT2D eigenvalue weighted by atomic mass is 35.5. The number of likely N-dealkylation sites (N-methyl/N-ethyl adjacent to an activating group) is 1. The van der Waals surface area contributed by atoms with E-state index in [1.54, 1.807) is 9.80 Å². The molecule has 43 heavy (non-hydrogen) atoms. The third-order valence-electron chi connectivity index (χ3n) is 8.18. The van der Waals surface area contributed by atoms with Gasteiger partial charge in [0.05, 0.1) is 28.5 Å². The topological polar surface area (TPSA) is 74.3 Å². The summed E-state index contributed by atoms with van der Waals surface area (Å²) < 4.78 is 53.8. The van der Waals surface area contributed by atoms with E-state index in [0.29, 0.717) is 57.3 Å². The molecule has 3 aliphatic heterocycles. The van der Waals surface area contributed by atoms with Gasteiger partial charge in [-0.3, -0.25) is 4.90 Å². The van der Waals surface area contributed by atoms with E-state index in [9.17, 15) is 18.0 Å². The number of anilines is 2. The first-order valence-electron chi connectivity index (χ1n) is 14.9. The lowest BCUT2D eigenvalue weighted by Gasteiger charge is -2.38. The zero-order valence-electron chi connectivity index (χ0n) is 25.2. The SMILES string of the molecule is CCN1CCC[C@H]1COc1nc2c(c(N3CCN(C(=O)OC(C)(C)C)CC3)n1)CCN(c1cccc(Cl)c1C(F)(F)F)C2. The van der Waals surface area contributed by atoms with Gasteiger partial charge in [-0.15, -0.1) is 0 Å². The summed E-state index contributed by atoms with van der Waals surface area (Å²) in [6.45, 7) is 12.5. The minimum absolute atomic E-state index is 0.0313. The van der Waals surface area contributed by atoms with Crippen LogP contribution in [0.25, 0.3) is 0 Å². The zero-order valence-corrected chi connectivity index (χ0v) is 26.0. The summed E-state index contributed by atoms with van der Waals surface area (Å²) >= 11 is 6.04. The van der Waals surface area contributed by atoms with Crippen LogP contribution in [0.4, 0.5) is 29.5 Å². The van der Waals surface area contributed by atoms with Crippen LogP contribution in [0.3, 0.4) is 0 Å². The number of rotatable bonds is 6. The quantitative estimate of drug-likeness (QED) is 0.409. The molecule has 2 aromatic rings. The normalized spacial score (nSPS) is 19.9. The summed E-state index contributed by atoms with van der Waals surface area (Å²) in [4.78, 5) is 30.1. The second-order valence-corrected chi connectivity index (χ2v) is 12.7. The van der Waals surface area contributed by atoms with Gasteiger partial charge < -0.3 is 24.2 Å². The Bertz CT molecular complexity index is 1310. The van der Waals surface area contributed by atoms with E-state index in [1.807, 2.05) is 20.8 Å². The molecule has 0 spiro atoms. The molecular weight excluding hydrogens is 585 g/mol. The van der Waals surface area contributed by atoms with Crippen molar-refractivity contribution in [2.75, 3.05) is 62.2 Å². The molecule has 236 valence electrons. The average molecular weight is 625 g/mol. The van der Waals surface area contributed by atoms with Gasteiger partial charge in [0.1, 0.15) is 18.0 Å². The van der Waals surface area contributed by atoms with Crippen LogP contribution in [-0.2, 0) is 23.9 Å². The molecule has 2 saturated heterocycles. The molecule has 1 atom stereocenters. The van der Waals surface area contributed by atoms with E-state index in [4.69, 9.17) is 31.0 Å². The number of benzene rings is 1. The first kappa shape index (κ1) is 31.4. The Kier molecular flexibility index (Phi) is 9.18. The molecule has 0 aliphatic carbocycles. The fraction of sp³-hybridized carbons (Fsp3) is 0.633. The molecule has 0 bridgehead atoms. The second kappa shape index (κ2) is 12.6. The molecule has 1 aromatic carbocycles. The Morgan fingerprint density at radius 2 is 1.79 bits per heavy atom. The number of amides is 1. The molecule has 2 fully saturated rings. The van der Waals surface area contributed by atoms with E-state index in [-0.39, 0.29) is 35.4 Å². The summed E-state index contributed by atoms with van der Waals surface area (Å²) in [6.07, 6.45) is -2.36. The maximum Gasteiger partial charge on any atom is 0.419 e. The number of aromatic nitrogens is 2. The van der Waals surface area contributed by atoms with Gasteiger partial charge in [0.15, 0.2) is 0 Å². The van der Waals surface area contributed by atoms with Crippen molar-refractivity contribution >= 4 is 29.2 Å². The predicted octanol–water partition coefficient (Wildman–Crippen LogP) is 5.63. The van der Waals surface area contributed by atoms with Gasteiger partial charge in [0.25, 0.3) is 0 Å². The first-order chi connectivity index (χ1) is 20.3. The molecule has 4 heterocycles. The number of hydrogen-bond donors (Lipinski definition) is 0. The predicted molar refractivity (Wildman–Crippen MR) is 159 cm³/mol. The van der Waals surface area contributed by atoms with Crippen LogP contribution < -0.4 is 14.5 Å². The van der Waals surface area contributed by atoms with Crippen LogP contribution in [0.2, 0.25) is 5.02 Å². The van der Waals surface area contributed by atoms with Crippen molar-refractivity contribution in [2.45, 2.75) is 71.3 Å². The van der Waals surface area contributed by atoms with Crippen LogP contribution in [0.5, 0.6) is 6.01 Å². The number of piperazine rings is 1. The summed E-state index contributed by atoms with van der Waals surface area (Å²) in [7, 11) is 0. The molecule has 0 N–H and O–H groups in total. The van der Waals surface area contributed by atoms with Gasteiger partial charge in [-0.25, -0.2) is 4.79 Å². The number of ether oxygens (including phenoxy) is 2. The van der Waals surface area contributed by atoms with E-state index >= 15 is 0 Å². The Hall–Kier alpha value is -2.99. The maximum atomic E-state index is 14.0. The lowest BCUT2D eigenvalue weighted by molar-refractivity contribution is -0.137. The van der Waals surface area contributed by atoms with E-state index in [1.165, 1.54) is 18.2 Å². The lowest BCUT2D eigenvalue weighted by atomic mass is 10.0. The van der Waals surface area contributed by atoms with Gasteiger partial charge in [-0.2, -0.15) is 23.1 Å². The minimum Gasteiger partial charge on any atom is -0.462 e. The third kappa shape index (κ3) is 7.22. The van der Waals surface area contributed by atoms with Crippen molar-refractivity contribution in [2.24, 2.45) is 0 Å². The highest BCUT2D eigenvalue weighted by Crippen LogP contribution is 2.43. The molecule has 9 nitrogen and oxygen atoms in total. The molecule has 3 aliphatic rings. The van der Waals surface area contributed by atoms with Crippen molar-refractivity contribution in [1.29, 1.82) is 0 Å². The summed E-state index contributed by atoms with van der Waals surface area (Å²) in [5.41, 5.74) is 0.127. The van der Waals surface area contributed by atoms with Crippen molar-refractivity contribution in [3.63, 3.8) is 0 Å². The van der Waals surface area contributed by atoms with E-state index in [2.05, 4.69) is 16.7 Å². The molecule has 13 heteroatoms. The van der Waals surface area contributed by atoms with Gasteiger partial charge in [-0.05, 0) is 65.3 Å².